The Morgan fingerprint density at radius 1 is 1.32 bits per heavy atom. The second kappa shape index (κ2) is 12.6. The summed E-state index contributed by atoms with van der Waals surface area (Å²) in [6, 6.07) is 12.1. The number of anilines is 1. The van der Waals surface area contributed by atoms with Crippen molar-refractivity contribution in [2.75, 3.05) is 24.8 Å². The molecule has 0 radical (unpaired) electrons. The summed E-state index contributed by atoms with van der Waals surface area (Å²) in [7, 11) is -4.45. The van der Waals surface area contributed by atoms with Gasteiger partial charge in [0, 0.05) is 11.6 Å². The fourth-order valence-electron chi connectivity index (χ4n) is 4.11. The van der Waals surface area contributed by atoms with E-state index in [-0.39, 0.29) is 16.6 Å². The van der Waals surface area contributed by atoms with E-state index < -0.39 is 68.6 Å². The number of aromatic nitrogens is 2. The Labute approximate surface area is 244 Å². The van der Waals surface area contributed by atoms with E-state index in [1.54, 1.807) is 38.1 Å². The number of hydrogen-bond donors (Lipinski definition) is 3. The zero-order valence-electron chi connectivity index (χ0n) is 21.9. The average molecular weight is 633 g/mol. The predicted molar refractivity (Wildman–Crippen MR) is 150 cm³/mol. The van der Waals surface area contributed by atoms with Gasteiger partial charge in [0.1, 0.15) is 29.8 Å². The molecule has 16 heteroatoms. The van der Waals surface area contributed by atoms with E-state index in [4.69, 9.17) is 47.5 Å². The minimum absolute atomic E-state index is 0.152. The SMILES string of the molecule is CC(C)OC(=O)CNP(=O)(OC[C@@]1(CCl)O[C@@H](n2cc(Cl)c(N)nc2=O)[C@@H](F)[C@@H]1O)Oc1cccc2ccccc12. The number of carbonyl (C=O) groups excluding carboxylic acids is 1. The van der Waals surface area contributed by atoms with Gasteiger partial charge in [-0.3, -0.25) is 13.9 Å². The maximum atomic E-state index is 15.3. The first-order chi connectivity index (χ1) is 19.4. The fraction of sp³-hybridized carbons (Fsp3) is 0.400. The molecule has 0 aliphatic carbocycles. The maximum Gasteiger partial charge on any atom is 0.459 e. The van der Waals surface area contributed by atoms with Gasteiger partial charge < -0.3 is 24.8 Å². The highest BCUT2D eigenvalue weighted by atomic mass is 35.5. The van der Waals surface area contributed by atoms with Gasteiger partial charge in [-0.05, 0) is 25.3 Å². The van der Waals surface area contributed by atoms with Crippen LogP contribution in [0.15, 0.2) is 53.5 Å². The van der Waals surface area contributed by atoms with Crippen molar-refractivity contribution >= 4 is 53.5 Å². The second-order valence-electron chi connectivity index (χ2n) is 9.47. The second-order valence-corrected chi connectivity index (χ2v) is 11.9. The number of alkyl halides is 2. The lowest BCUT2D eigenvalue weighted by molar-refractivity contribution is -0.146. The van der Waals surface area contributed by atoms with Crippen LogP contribution in [0.25, 0.3) is 10.8 Å². The Morgan fingerprint density at radius 3 is 2.73 bits per heavy atom. The zero-order chi connectivity index (χ0) is 29.9. The van der Waals surface area contributed by atoms with E-state index in [1.807, 2.05) is 18.2 Å². The summed E-state index contributed by atoms with van der Waals surface area (Å²) in [5.41, 5.74) is 2.52. The van der Waals surface area contributed by atoms with Crippen LogP contribution in [-0.4, -0.2) is 63.6 Å². The highest BCUT2D eigenvalue weighted by molar-refractivity contribution is 7.52. The van der Waals surface area contributed by atoms with Crippen molar-refractivity contribution in [1.82, 2.24) is 14.6 Å². The minimum atomic E-state index is -4.45. The minimum Gasteiger partial charge on any atom is -0.462 e. The molecular formula is C25H28Cl2FN4O8P. The Bertz CT molecular complexity index is 1520. The van der Waals surface area contributed by atoms with Crippen LogP contribution in [0.1, 0.15) is 20.1 Å². The summed E-state index contributed by atoms with van der Waals surface area (Å²) in [6.07, 6.45) is -5.31. The Hall–Kier alpha value is -2.77. The summed E-state index contributed by atoms with van der Waals surface area (Å²) >= 11 is 12.1. The van der Waals surface area contributed by atoms with Crippen LogP contribution in [0.4, 0.5) is 10.2 Å². The molecule has 2 heterocycles. The van der Waals surface area contributed by atoms with E-state index in [1.165, 1.54) is 0 Å². The Morgan fingerprint density at radius 2 is 2.02 bits per heavy atom. The van der Waals surface area contributed by atoms with Gasteiger partial charge in [-0.15, -0.1) is 11.6 Å². The molecule has 12 nitrogen and oxygen atoms in total. The van der Waals surface area contributed by atoms with Gasteiger partial charge in [-0.2, -0.15) is 4.98 Å². The van der Waals surface area contributed by atoms with Crippen molar-refractivity contribution < 1.29 is 37.4 Å². The maximum absolute atomic E-state index is 15.3. The van der Waals surface area contributed by atoms with Crippen molar-refractivity contribution in [2.45, 2.75) is 44.1 Å². The van der Waals surface area contributed by atoms with Gasteiger partial charge in [0.2, 0.25) is 0 Å². The fourth-order valence-corrected chi connectivity index (χ4v) is 5.89. The van der Waals surface area contributed by atoms with Gasteiger partial charge in [-0.25, -0.2) is 18.8 Å². The smallest absolute Gasteiger partial charge is 0.459 e. The molecule has 0 spiro atoms. The summed E-state index contributed by atoms with van der Waals surface area (Å²) in [5, 5.41) is 14.5. The standard InChI is InChI=1S/C25H28Cl2FN4O8P/c1-14(2)38-19(33)10-30-41(36,40-18-9-5-7-15-6-3-4-8-16(15)18)37-13-25(12-26)21(34)20(28)23(39-25)32-11-17(27)22(29)31-24(32)35/h3-9,11,14,20-21,23,34H,10,12-13H2,1-2H3,(H,30,36)(H2,29,31,35)/t20-,21-,23+,25+,41?/m0/s1. The number of fused-ring (bicyclic) bond motifs is 1. The van der Waals surface area contributed by atoms with E-state index >= 15 is 4.39 Å². The zero-order valence-corrected chi connectivity index (χ0v) is 24.3. The number of aliphatic hydroxyl groups is 1. The number of nitrogens with two attached hydrogens (primary N) is 1. The van der Waals surface area contributed by atoms with E-state index in [9.17, 15) is 19.3 Å². The van der Waals surface area contributed by atoms with Crippen LogP contribution in [-0.2, 0) is 23.4 Å². The van der Waals surface area contributed by atoms with E-state index in [0.717, 1.165) is 11.6 Å². The first kappa shape index (κ1) is 31.2. The van der Waals surface area contributed by atoms with Gasteiger partial charge in [0.25, 0.3) is 0 Å². The monoisotopic (exact) mass is 632 g/mol. The molecule has 3 aromatic rings. The number of esters is 1. The van der Waals surface area contributed by atoms with Crippen molar-refractivity contribution in [2.24, 2.45) is 0 Å². The van der Waals surface area contributed by atoms with E-state index in [2.05, 4.69) is 10.1 Å². The molecule has 0 amide bonds. The number of ether oxygens (including phenoxy) is 2. The van der Waals surface area contributed by atoms with Crippen molar-refractivity contribution in [3.8, 4) is 5.75 Å². The van der Waals surface area contributed by atoms with Crippen LogP contribution < -0.4 is 21.0 Å². The number of nitrogens with one attached hydrogen (secondary N) is 1. The predicted octanol–water partition coefficient (Wildman–Crippen LogP) is 3.58. The van der Waals surface area contributed by atoms with Crippen molar-refractivity contribution in [3.63, 3.8) is 0 Å². The first-order valence-corrected chi connectivity index (χ1v) is 14.8. The normalized spacial score (nSPS) is 23.9. The molecule has 1 unspecified atom stereocenters. The Kier molecular flexibility index (Phi) is 9.59. The van der Waals surface area contributed by atoms with Gasteiger partial charge in [0.15, 0.2) is 12.4 Å². The highest BCUT2D eigenvalue weighted by Crippen LogP contribution is 2.49. The lowest BCUT2D eigenvalue weighted by atomic mass is 9.99. The van der Waals surface area contributed by atoms with Crippen LogP contribution in [0, 0.1) is 0 Å². The summed E-state index contributed by atoms with van der Waals surface area (Å²) in [6.45, 7) is 1.93. The molecule has 1 aliphatic heterocycles. The first-order valence-electron chi connectivity index (χ1n) is 12.3. The quantitative estimate of drug-likeness (QED) is 0.161. The highest BCUT2D eigenvalue weighted by Gasteiger charge is 2.57. The largest absolute Gasteiger partial charge is 0.462 e. The molecular weight excluding hydrogens is 605 g/mol. The lowest BCUT2D eigenvalue weighted by Crippen LogP contribution is -2.48. The van der Waals surface area contributed by atoms with Crippen molar-refractivity contribution in [3.05, 3.63) is 64.2 Å². The lowest BCUT2D eigenvalue weighted by Gasteiger charge is -2.31. The third-order valence-corrected chi connectivity index (χ3v) is 8.33. The molecule has 0 saturated carbocycles. The molecule has 5 atom stereocenters. The number of carbonyl (C=O) groups is 1. The van der Waals surface area contributed by atoms with Crippen LogP contribution in [0.5, 0.6) is 5.75 Å². The number of halogens is 3. The summed E-state index contributed by atoms with van der Waals surface area (Å²) < 4.78 is 52.3. The van der Waals surface area contributed by atoms with Crippen molar-refractivity contribution in [1.29, 1.82) is 0 Å². The number of hydrogen-bond acceptors (Lipinski definition) is 10. The molecule has 4 N–H and O–H groups in total. The average Bonchev–Trinajstić information content (AvgIpc) is 3.18. The van der Waals surface area contributed by atoms with Crippen LogP contribution >= 0.6 is 30.9 Å². The number of aliphatic hydroxyl groups excluding tert-OH is 1. The number of nitrogen functional groups attached to an aromatic ring is 1. The molecule has 0 bridgehead atoms. The third kappa shape index (κ3) is 6.83. The van der Waals surface area contributed by atoms with Crippen LogP contribution in [0.3, 0.4) is 0 Å². The molecule has 4 rings (SSSR count). The topological polar surface area (TPSA) is 164 Å². The van der Waals surface area contributed by atoms with Crippen LogP contribution in [0.2, 0.25) is 5.02 Å². The van der Waals surface area contributed by atoms with E-state index in [0.29, 0.717) is 9.95 Å². The molecule has 1 aromatic heterocycles. The number of benzene rings is 2. The molecule has 1 saturated heterocycles. The number of rotatable bonds is 11. The molecule has 1 aliphatic rings. The summed E-state index contributed by atoms with van der Waals surface area (Å²) in [4.78, 5) is 28.1. The third-order valence-electron chi connectivity index (χ3n) is 6.13. The van der Waals surface area contributed by atoms with Gasteiger partial charge >= 0.3 is 19.4 Å². The molecule has 41 heavy (non-hydrogen) atoms. The van der Waals surface area contributed by atoms with Gasteiger partial charge in [-0.1, -0.05) is 48.0 Å². The van der Waals surface area contributed by atoms with Gasteiger partial charge in [0.05, 0.1) is 23.6 Å². The molecule has 1 fully saturated rings. The summed E-state index contributed by atoms with van der Waals surface area (Å²) in [5.74, 6) is -1.42. The molecule has 2 aromatic carbocycles. The Balaban J connectivity index is 1.62. The number of nitrogens with zero attached hydrogens (tertiary/aromatic N) is 2. The molecule has 222 valence electrons.